The van der Waals surface area contributed by atoms with Crippen molar-refractivity contribution in [3.8, 4) is 5.75 Å². The van der Waals surface area contributed by atoms with Crippen molar-refractivity contribution in [3.05, 3.63) is 17.8 Å². The second kappa shape index (κ2) is 10.4. The lowest BCUT2D eigenvalue weighted by atomic mass is 9.83. The molecule has 5 rings (SSSR count). The van der Waals surface area contributed by atoms with E-state index in [9.17, 15) is 4.79 Å². The van der Waals surface area contributed by atoms with E-state index in [4.69, 9.17) is 9.47 Å². The van der Waals surface area contributed by atoms with Gasteiger partial charge in [0, 0.05) is 57.0 Å². The molecule has 4 aliphatic rings. The van der Waals surface area contributed by atoms with E-state index in [1.165, 1.54) is 31.4 Å². The summed E-state index contributed by atoms with van der Waals surface area (Å²) in [6.45, 7) is 7.63. The molecule has 0 radical (unpaired) electrons. The van der Waals surface area contributed by atoms with Crippen molar-refractivity contribution in [1.29, 1.82) is 0 Å². The molecule has 3 aliphatic heterocycles. The topological polar surface area (TPSA) is 66.9 Å². The molecule has 1 saturated carbocycles. The van der Waals surface area contributed by atoms with Gasteiger partial charge < -0.3 is 19.7 Å². The van der Waals surface area contributed by atoms with E-state index in [2.05, 4.69) is 26.2 Å². The average Bonchev–Trinajstić information content (AvgIpc) is 3.34. The largest absolute Gasteiger partial charge is 0.489 e. The zero-order valence-electron chi connectivity index (χ0n) is 19.3. The van der Waals surface area contributed by atoms with Crippen molar-refractivity contribution in [2.75, 3.05) is 57.4 Å². The summed E-state index contributed by atoms with van der Waals surface area (Å²) in [5.74, 6) is 3.14. The molecule has 3 fully saturated rings. The molecule has 1 aromatic rings. The van der Waals surface area contributed by atoms with Crippen molar-refractivity contribution in [2.45, 2.75) is 57.4 Å². The summed E-state index contributed by atoms with van der Waals surface area (Å²) < 4.78 is 11.3. The first-order valence-corrected chi connectivity index (χ1v) is 12.7. The number of pyridine rings is 1. The number of nitrogens with one attached hydrogen (secondary N) is 1. The van der Waals surface area contributed by atoms with E-state index in [0.717, 1.165) is 89.0 Å². The molecular formula is C25H38N4O3. The highest BCUT2D eigenvalue weighted by atomic mass is 16.5. The Labute approximate surface area is 191 Å². The van der Waals surface area contributed by atoms with Crippen LogP contribution in [0.4, 0.5) is 5.82 Å². The first kappa shape index (κ1) is 22.0. The fourth-order valence-electron chi connectivity index (χ4n) is 5.73. The number of aromatic nitrogens is 1. The third-order valence-electron chi connectivity index (χ3n) is 7.83. The number of nitrogens with zero attached hydrogens (tertiary/aromatic N) is 3. The van der Waals surface area contributed by atoms with Crippen molar-refractivity contribution < 1.29 is 14.3 Å². The molecule has 1 amide bonds. The zero-order chi connectivity index (χ0) is 21.8. The van der Waals surface area contributed by atoms with E-state index in [0.29, 0.717) is 12.6 Å². The minimum Gasteiger partial charge on any atom is -0.489 e. The van der Waals surface area contributed by atoms with Crippen LogP contribution >= 0.6 is 0 Å². The van der Waals surface area contributed by atoms with E-state index >= 15 is 0 Å². The van der Waals surface area contributed by atoms with Crippen LogP contribution in [-0.2, 0) is 16.0 Å². The van der Waals surface area contributed by atoms with Gasteiger partial charge in [-0.1, -0.05) is 0 Å². The molecule has 4 heterocycles. The molecule has 1 unspecified atom stereocenters. The minimum absolute atomic E-state index is 0.0684. The lowest BCUT2D eigenvalue weighted by molar-refractivity contribution is -0.130. The van der Waals surface area contributed by atoms with Crippen LogP contribution in [0.2, 0.25) is 0 Å². The van der Waals surface area contributed by atoms with Crippen LogP contribution in [0.3, 0.4) is 0 Å². The molecule has 7 heteroatoms. The van der Waals surface area contributed by atoms with Crippen LogP contribution in [0.15, 0.2) is 12.3 Å². The molecule has 0 bridgehead atoms. The van der Waals surface area contributed by atoms with Gasteiger partial charge in [-0.3, -0.25) is 9.69 Å². The SMILES string of the molecule is O=C(N[C@H]1CC[C@H](CCN2CCN(c3nccc4c3OCC4)CC2)CC1)C1CCCOC1. The molecule has 1 N–H and O–H groups in total. The predicted octanol–water partition coefficient (Wildman–Crippen LogP) is 2.63. The number of anilines is 1. The van der Waals surface area contributed by atoms with Gasteiger partial charge >= 0.3 is 0 Å². The zero-order valence-corrected chi connectivity index (χ0v) is 19.3. The minimum atomic E-state index is 0.0684. The molecule has 1 aliphatic carbocycles. The molecule has 1 atom stereocenters. The fourth-order valence-corrected chi connectivity index (χ4v) is 5.73. The Balaban J connectivity index is 1.00. The van der Waals surface area contributed by atoms with Crippen LogP contribution in [0.25, 0.3) is 0 Å². The van der Waals surface area contributed by atoms with Crippen LogP contribution in [-0.4, -0.2) is 74.4 Å². The van der Waals surface area contributed by atoms with Crippen molar-refractivity contribution in [2.24, 2.45) is 11.8 Å². The lowest BCUT2D eigenvalue weighted by Gasteiger charge is -2.37. The Kier molecular flexibility index (Phi) is 7.13. The number of rotatable bonds is 6. The predicted molar refractivity (Wildman–Crippen MR) is 124 cm³/mol. The van der Waals surface area contributed by atoms with E-state index in [1.54, 1.807) is 0 Å². The second-order valence-corrected chi connectivity index (χ2v) is 9.98. The summed E-state index contributed by atoms with van der Waals surface area (Å²) in [5, 5.41) is 3.30. The summed E-state index contributed by atoms with van der Waals surface area (Å²) >= 11 is 0. The number of amides is 1. The third kappa shape index (κ3) is 5.20. The van der Waals surface area contributed by atoms with E-state index < -0.39 is 0 Å². The summed E-state index contributed by atoms with van der Waals surface area (Å²) in [6.07, 6.45) is 10.9. The maximum atomic E-state index is 12.5. The monoisotopic (exact) mass is 442 g/mol. The third-order valence-corrected chi connectivity index (χ3v) is 7.83. The summed E-state index contributed by atoms with van der Waals surface area (Å²) in [7, 11) is 0. The van der Waals surface area contributed by atoms with Crippen molar-refractivity contribution >= 4 is 11.7 Å². The number of piperazine rings is 1. The number of fused-ring (bicyclic) bond motifs is 1. The quantitative estimate of drug-likeness (QED) is 0.731. The number of carbonyl (C=O) groups excluding carboxylic acids is 1. The Morgan fingerprint density at radius 3 is 2.72 bits per heavy atom. The molecule has 7 nitrogen and oxygen atoms in total. The van der Waals surface area contributed by atoms with Gasteiger partial charge in [0.05, 0.1) is 19.1 Å². The highest BCUT2D eigenvalue weighted by Crippen LogP contribution is 2.34. The smallest absolute Gasteiger partial charge is 0.225 e. The Hall–Kier alpha value is -1.86. The Bertz CT molecular complexity index is 766. The molecule has 1 aromatic heterocycles. The number of ether oxygens (including phenoxy) is 2. The first-order valence-electron chi connectivity index (χ1n) is 12.7. The Morgan fingerprint density at radius 2 is 1.94 bits per heavy atom. The summed E-state index contributed by atoms with van der Waals surface area (Å²) in [5.41, 5.74) is 1.30. The van der Waals surface area contributed by atoms with Crippen molar-refractivity contribution in [3.63, 3.8) is 0 Å². The number of hydrogen-bond acceptors (Lipinski definition) is 6. The van der Waals surface area contributed by atoms with Gasteiger partial charge in [0.1, 0.15) is 0 Å². The van der Waals surface area contributed by atoms with Crippen LogP contribution < -0.4 is 15.0 Å². The van der Waals surface area contributed by atoms with Gasteiger partial charge in [-0.25, -0.2) is 4.98 Å². The van der Waals surface area contributed by atoms with Crippen LogP contribution in [0.5, 0.6) is 5.75 Å². The first-order chi connectivity index (χ1) is 15.8. The number of hydrogen-bond donors (Lipinski definition) is 1. The lowest BCUT2D eigenvalue weighted by Crippen LogP contribution is -2.47. The molecule has 176 valence electrons. The standard InChI is InChI=1S/C25H38N4O3/c30-25(21-2-1-16-31-18-21)27-22-5-3-19(4-6-22)8-11-28-12-14-29(15-13-28)24-23-20(7-10-26-24)9-17-32-23/h7,10,19,21-22H,1-6,8-9,11-18H2,(H,27,30)/t19-,21?,22-. The van der Waals surface area contributed by atoms with Gasteiger partial charge in [0.25, 0.3) is 0 Å². The molecule has 0 aromatic carbocycles. The maximum absolute atomic E-state index is 12.5. The van der Waals surface area contributed by atoms with Gasteiger partial charge in [-0.2, -0.15) is 0 Å². The van der Waals surface area contributed by atoms with Gasteiger partial charge in [-0.05, 0) is 63.5 Å². The maximum Gasteiger partial charge on any atom is 0.225 e. The highest BCUT2D eigenvalue weighted by molar-refractivity contribution is 5.79. The van der Waals surface area contributed by atoms with Gasteiger partial charge in [0.2, 0.25) is 5.91 Å². The summed E-state index contributed by atoms with van der Waals surface area (Å²) in [6, 6.07) is 2.46. The Morgan fingerprint density at radius 1 is 1.09 bits per heavy atom. The van der Waals surface area contributed by atoms with Crippen molar-refractivity contribution in [1.82, 2.24) is 15.2 Å². The normalized spacial score (nSPS) is 28.8. The summed E-state index contributed by atoms with van der Waals surface area (Å²) in [4.78, 5) is 22.1. The number of carbonyl (C=O) groups is 1. The average molecular weight is 443 g/mol. The molecule has 2 saturated heterocycles. The van der Waals surface area contributed by atoms with Gasteiger partial charge in [0.15, 0.2) is 11.6 Å². The second-order valence-electron chi connectivity index (χ2n) is 9.98. The fraction of sp³-hybridized carbons (Fsp3) is 0.760. The molecule has 32 heavy (non-hydrogen) atoms. The van der Waals surface area contributed by atoms with Crippen LogP contribution in [0, 0.1) is 11.8 Å². The highest BCUT2D eigenvalue weighted by Gasteiger charge is 2.28. The van der Waals surface area contributed by atoms with E-state index in [-0.39, 0.29) is 11.8 Å². The van der Waals surface area contributed by atoms with Gasteiger partial charge in [-0.15, -0.1) is 0 Å². The van der Waals surface area contributed by atoms with Crippen LogP contribution in [0.1, 0.15) is 50.5 Å². The molecule has 0 spiro atoms. The van der Waals surface area contributed by atoms with E-state index in [1.807, 2.05) is 6.20 Å². The molecular weight excluding hydrogens is 404 g/mol.